The number of hydrogen-bond donors (Lipinski definition) is 1. The second-order valence-electron chi connectivity index (χ2n) is 9.01. The maximum absolute atomic E-state index is 11.6. The van der Waals surface area contributed by atoms with Crippen molar-refractivity contribution in [2.24, 2.45) is 10.7 Å². The molecule has 3 heterocycles. The Morgan fingerprint density at radius 2 is 1.80 bits per heavy atom. The van der Waals surface area contributed by atoms with Crippen molar-refractivity contribution in [3.63, 3.8) is 0 Å². The molecule has 1 amide bonds. The van der Waals surface area contributed by atoms with Crippen molar-refractivity contribution < 1.29 is 4.79 Å². The highest BCUT2D eigenvalue weighted by molar-refractivity contribution is 5.92. The highest BCUT2D eigenvalue weighted by atomic mass is 16.1. The molecular formula is C25H30N4O. The zero-order valence-corrected chi connectivity index (χ0v) is 17.4. The van der Waals surface area contributed by atoms with Gasteiger partial charge in [-0.15, -0.1) is 0 Å². The molecule has 0 radical (unpaired) electrons. The van der Waals surface area contributed by atoms with Crippen LogP contribution in [0.1, 0.15) is 53.1 Å². The van der Waals surface area contributed by atoms with Crippen LogP contribution in [0.4, 0.5) is 0 Å². The van der Waals surface area contributed by atoms with Crippen LogP contribution in [0.25, 0.3) is 0 Å². The molecule has 3 aliphatic heterocycles. The summed E-state index contributed by atoms with van der Waals surface area (Å²) >= 11 is 0. The van der Waals surface area contributed by atoms with Gasteiger partial charge in [-0.05, 0) is 54.9 Å². The molecule has 0 spiro atoms. The number of carbonyl (C=O) groups excluding carboxylic acids is 1. The zero-order chi connectivity index (χ0) is 20.5. The van der Waals surface area contributed by atoms with Gasteiger partial charge in [0.1, 0.15) is 0 Å². The summed E-state index contributed by atoms with van der Waals surface area (Å²) in [6.45, 7) is 2.82. The largest absolute Gasteiger partial charge is 0.366 e. The van der Waals surface area contributed by atoms with Crippen LogP contribution in [0.2, 0.25) is 0 Å². The van der Waals surface area contributed by atoms with Crippen molar-refractivity contribution >= 4 is 12.1 Å². The Morgan fingerprint density at radius 1 is 1.03 bits per heavy atom. The predicted octanol–water partition coefficient (Wildman–Crippen LogP) is 3.41. The first kappa shape index (κ1) is 19.5. The van der Waals surface area contributed by atoms with E-state index in [1.807, 2.05) is 18.2 Å². The van der Waals surface area contributed by atoms with E-state index in [2.05, 4.69) is 57.4 Å². The van der Waals surface area contributed by atoms with Gasteiger partial charge in [0.25, 0.3) is 0 Å². The molecule has 5 rings (SSSR count). The van der Waals surface area contributed by atoms with Gasteiger partial charge in [-0.2, -0.15) is 0 Å². The van der Waals surface area contributed by atoms with Gasteiger partial charge in [-0.25, -0.2) is 0 Å². The van der Waals surface area contributed by atoms with E-state index in [9.17, 15) is 4.79 Å². The van der Waals surface area contributed by atoms with Crippen molar-refractivity contribution in [1.82, 2.24) is 9.80 Å². The lowest BCUT2D eigenvalue weighted by Crippen LogP contribution is -2.49. The molecule has 2 saturated heterocycles. The Balaban J connectivity index is 1.25. The molecule has 3 aliphatic rings. The fraction of sp³-hybridized carbons (Fsp3) is 0.440. The van der Waals surface area contributed by atoms with Crippen LogP contribution in [-0.4, -0.2) is 53.3 Å². The topological polar surface area (TPSA) is 61.9 Å². The molecule has 2 aromatic carbocycles. The van der Waals surface area contributed by atoms with E-state index >= 15 is 0 Å². The normalized spacial score (nSPS) is 28.8. The van der Waals surface area contributed by atoms with Crippen molar-refractivity contribution in [2.75, 3.05) is 13.2 Å². The van der Waals surface area contributed by atoms with Crippen LogP contribution < -0.4 is 5.73 Å². The summed E-state index contributed by atoms with van der Waals surface area (Å²) in [4.78, 5) is 21.4. The fourth-order valence-electron chi connectivity index (χ4n) is 5.63. The van der Waals surface area contributed by atoms with Gasteiger partial charge in [0.15, 0.2) is 0 Å². The second-order valence-corrected chi connectivity index (χ2v) is 9.01. The van der Waals surface area contributed by atoms with E-state index in [0.717, 1.165) is 19.8 Å². The van der Waals surface area contributed by atoms with Gasteiger partial charge >= 0.3 is 0 Å². The van der Waals surface area contributed by atoms with Gasteiger partial charge in [0.2, 0.25) is 5.91 Å². The average Bonchev–Trinajstić information content (AvgIpc) is 3.28. The Kier molecular flexibility index (Phi) is 5.40. The first-order valence-corrected chi connectivity index (χ1v) is 11.1. The third-order valence-electron chi connectivity index (χ3n) is 7.16. The summed E-state index contributed by atoms with van der Waals surface area (Å²) in [5.74, 6) is 0.187. The first-order chi connectivity index (χ1) is 14.7. The standard InChI is InChI=1S/C25H30N4O/c26-25(30)20-8-4-7-19(11-20)21-12-22-9-10-23(13-21)29(22)16-24-14-27-17-28(24)15-18-5-2-1-3-6-18/h1-8,11,14,21-24H,9-10,12-13,15-17H2,(H2,26,30). The molecule has 2 N–H and O–H groups in total. The van der Waals surface area contributed by atoms with Gasteiger partial charge in [0.05, 0.1) is 12.7 Å². The number of carbonyl (C=O) groups is 1. The quantitative estimate of drug-likeness (QED) is 0.805. The van der Waals surface area contributed by atoms with Gasteiger partial charge in [0, 0.05) is 37.0 Å². The number of aliphatic imine (C=N–C) groups is 1. The number of rotatable bonds is 6. The number of primary amides is 1. The van der Waals surface area contributed by atoms with E-state index < -0.39 is 0 Å². The minimum absolute atomic E-state index is 0.337. The number of nitrogens with two attached hydrogens (primary N) is 1. The highest BCUT2D eigenvalue weighted by Gasteiger charge is 2.42. The third-order valence-corrected chi connectivity index (χ3v) is 7.16. The SMILES string of the molecule is NC(=O)c1cccc(C2CC3CCC(C2)N3CC2C=NCN2Cc2ccccc2)c1. The Bertz CT molecular complexity index is 914. The molecule has 0 aliphatic carbocycles. The molecule has 3 unspecified atom stereocenters. The molecule has 0 aromatic heterocycles. The number of amides is 1. The monoisotopic (exact) mass is 402 g/mol. The summed E-state index contributed by atoms with van der Waals surface area (Å²) in [5.41, 5.74) is 8.75. The molecule has 2 bridgehead atoms. The summed E-state index contributed by atoms with van der Waals surface area (Å²) < 4.78 is 0. The molecule has 30 heavy (non-hydrogen) atoms. The molecular weight excluding hydrogens is 372 g/mol. The van der Waals surface area contributed by atoms with Crippen LogP contribution in [0.15, 0.2) is 59.6 Å². The van der Waals surface area contributed by atoms with Crippen molar-refractivity contribution in [1.29, 1.82) is 0 Å². The van der Waals surface area contributed by atoms with Crippen LogP contribution in [0.3, 0.4) is 0 Å². The molecule has 2 fully saturated rings. The summed E-state index contributed by atoms with van der Waals surface area (Å²) in [7, 11) is 0. The fourth-order valence-corrected chi connectivity index (χ4v) is 5.63. The number of fused-ring (bicyclic) bond motifs is 2. The van der Waals surface area contributed by atoms with Crippen molar-refractivity contribution in [2.45, 2.75) is 56.3 Å². The smallest absolute Gasteiger partial charge is 0.248 e. The summed E-state index contributed by atoms with van der Waals surface area (Å²) in [5, 5.41) is 0. The minimum Gasteiger partial charge on any atom is -0.366 e. The average molecular weight is 403 g/mol. The zero-order valence-electron chi connectivity index (χ0n) is 17.4. The van der Waals surface area contributed by atoms with E-state index in [1.165, 1.54) is 36.8 Å². The van der Waals surface area contributed by atoms with E-state index in [-0.39, 0.29) is 5.91 Å². The van der Waals surface area contributed by atoms with Crippen LogP contribution >= 0.6 is 0 Å². The molecule has 5 heteroatoms. The number of benzene rings is 2. The van der Waals surface area contributed by atoms with Crippen LogP contribution in [0.5, 0.6) is 0 Å². The second kappa shape index (κ2) is 8.32. The maximum atomic E-state index is 11.6. The molecule has 3 atom stereocenters. The third kappa shape index (κ3) is 3.92. The van der Waals surface area contributed by atoms with Crippen molar-refractivity contribution in [3.05, 3.63) is 71.3 Å². The lowest BCUT2D eigenvalue weighted by atomic mass is 9.84. The molecule has 5 nitrogen and oxygen atoms in total. The maximum Gasteiger partial charge on any atom is 0.248 e. The number of hydrogen-bond acceptors (Lipinski definition) is 4. The van der Waals surface area contributed by atoms with Crippen LogP contribution in [-0.2, 0) is 6.54 Å². The van der Waals surface area contributed by atoms with E-state index in [0.29, 0.717) is 29.6 Å². The highest BCUT2D eigenvalue weighted by Crippen LogP contribution is 2.43. The number of nitrogens with zero attached hydrogens (tertiary/aromatic N) is 3. The van der Waals surface area contributed by atoms with E-state index in [4.69, 9.17) is 5.73 Å². The lowest BCUT2D eigenvalue weighted by Gasteiger charge is -2.41. The molecule has 0 saturated carbocycles. The van der Waals surface area contributed by atoms with Gasteiger partial charge in [-0.1, -0.05) is 42.5 Å². The Labute approximate surface area is 178 Å². The first-order valence-electron chi connectivity index (χ1n) is 11.1. The van der Waals surface area contributed by atoms with Gasteiger partial charge < -0.3 is 5.73 Å². The molecule has 156 valence electrons. The van der Waals surface area contributed by atoms with Crippen molar-refractivity contribution in [3.8, 4) is 0 Å². The Morgan fingerprint density at radius 3 is 2.53 bits per heavy atom. The van der Waals surface area contributed by atoms with Crippen LogP contribution in [0, 0.1) is 0 Å². The van der Waals surface area contributed by atoms with E-state index in [1.54, 1.807) is 0 Å². The summed E-state index contributed by atoms with van der Waals surface area (Å²) in [6.07, 6.45) is 7.05. The summed E-state index contributed by atoms with van der Waals surface area (Å²) in [6, 6.07) is 20.3. The Hall–Kier alpha value is -2.50. The minimum atomic E-state index is -0.337. The molecule has 2 aromatic rings. The predicted molar refractivity (Wildman–Crippen MR) is 120 cm³/mol. The lowest BCUT2D eigenvalue weighted by molar-refractivity contribution is 0.0978. The number of piperidine rings is 1. The van der Waals surface area contributed by atoms with Gasteiger partial charge in [-0.3, -0.25) is 19.6 Å².